The Hall–Kier alpha value is -1.97. The Balaban J connectivity index is 2.12. The summed E-state index contributed by atoms with van der Waals surface area (Å²) in [5.41, 5.74) is 5.59. The van der Waals surface area contributed by atoms with Crippen LogP contribution in [-0.4, -0.2) is 21.5 Å². The fraction of sp³-hybridized carbons (Fsp3) is 0.438. The van der Waals surface area contributed by atoms with Crippen LogP contribution in [0.2, 0.25) is 0 Å². The number of nitrogens with zero attached hydrogens (tertiary/aromatic N) is 3. The summed E-state index contributed by atoms with van der Waals surface area (Å²) in [6.07, 6.45) is 3.33. The Morgan fingerprint density at radius 3 is 2.50 bits per heavy atom. The van der Waals surface area contributed by atoms with E-state index in [1.165, 1.54) is 17.7 Å². The first kappa shape index (κ1) is 13.0. The molecule has 3 rings (SSSR count). The van der Waals surface area contributed by atoms with Crippen LogP contribution in [0.4, 0.5) is 5.82 Å². The molecule has 1 aliphatic carbocycles. The summed E-state index contributed by atoms with van der Waals surface area (Å²) in [6, 6.07) is 4.11. The van der Waals surface area contributed by atoms with Crippen molar-refractivity contribution in [2.24, 2.45) is 0 Å². The van der Waals surface area contributed by atoms with E-state index >= 15 is 0 Å². The van der Waals surface area contributed by atoms with Crippen molar-refractivity contribution in [3.05, 3.63) is 34.8 Å². The minimum Gasteiger partial charge on any atom is -0.370 e. The van der Waals surface area contributed by atoms with Gasteiger partial charge in [0.15, 0.2) is 5.82 Å². The van der Waals surface area contributed by atoms with Crippen molar-refractivity contribution in [3.8, 4) is 11.4 Å². The summed E-state index contributed by atoms with van der Waals surface area (Å²) in [6.45, 7) is 7.01. The van der Waals surface area contributed by atoms with E-state index in [1.807, 2.05) is 13.8 Å². The molecule has 0 saturated carbocycles. The smallest absolute Gasteiger partial charge is 0.161 e. The summed E-state index contributed by atoms with van der Waals surface area (Å²) in [4.78, 5) is 13.9. The first-order valence-corrected chi connectivity index (χ1v) is 7.26. The Bertz CT molecular complexity index is 629. The number of aryl methyl sites for hydroxylation is 3. The van der Waals surface area contributed by atoms with E-state index in [9.17, 15) is 0 Å². The number of fused-ring (bicyclic) bond motifs is 1. The molecular formula is C16H20N4. The lowest BCUT2D eigenvalue weighted by Crippen LogP contribution is -2.07. The largest absolute Gasteiger partial charge is 0.370 e. The average Bonchev–Trinajstić information content (AvgIpc) is 2.86. The predicted octanol–water partition coefficient (Wildman–Crippen LogP) is 3.08. The molecule has 0 aromatic carbocycles. The Labute approximate surface area is 119 Å². The first-order chi connectivity index (χ1) is 9.67. The van der Waals surface area contributed by atoms with Crippen molar-refractivity contribution in [1.29, 1.82) is 0 Å². The molecule has 0 spiro atoms. The molecule has 2 aromatic rings. The van der Waals surface area contributed by atoms with Crippen LogP contribution in [-0.2, 0) is 12.8 Å². The lowest BCUT2D eigenvalue weighted by Gasteiger charge is -2.11. The number of hydrogen-bond donors (Lipinski definition) is 1. The Morgan fingerprint density at radius 2 is 1.80 bits per heavy atom. The molecule has 0 atom stereocenters. The summed E-state index contributed by atoms with van der Waals surface area (Å²) < 4.78 is 0. The van der Waals surface area contributed by atoms with Crippen LogP contribution in [0.25, 0.3) is 11.4 Å². The monoisotopic (exact) mass is 268 g/mol. The van der Waals surface area contributed by atoms with Gasteiger partial charge in [-0.25, -0.2) is 9.97 Å². The summed E-state index contributed by atoms with van der Waals surface area (Å²) in [7, 11) is 0. The average molecular weight is 268 g/mol. The van der Waals surface area contributed by atoms with Crippen LogP contribution in [0, 0.1) is 13.8 Å². The van der Waals surface area contributed by atoms with Crippen molar-refractivity contribution in [2.75, 3.05) is 11.9 Å². The Morgan fingerprint density at radius 1 is 1.05 bits per heavy atom. The van der Waals surface area contributed by atoms with Gasteiger partial charge in [0.25, 0.3) is 0 Å². The molecule has 0 saturated heterocycles. The SMILES string of the molecule is CCNc1nc(-c2cc(C)nc(C)c2)nc2c1CCC2. The third kappa shape index (κ3) is 2.38. The standard InChI is InChI=1S/C16H20N4/c1-4-17-16-13-6-5-7-14(13)19-15(20-16)12-8-10(2)18-11(3)9-12/h8-9H,4-7H2,1-3H3,(H,17,19,20). The van der Waals surface area contributed by atoms with E-state index in [-0.39, 0.29) is 0 Å². The molecule has 4 nitrogen and oxygen atoms in total. The van der Waals surface area contributed by atoms with Crippen molar-refractivity contribution >= 4 is 5.82 Å². The van der Waals surface area contributed by atoms with Gasteiger partial charge in [0, 0.05) is 34.8 Å². The summed E-state index contributed by atoms with van der Waals surface area (Å²) in [5.74, 6) is 1.83. The number of hydrogen-bond acceptors (Lipinski definition) is 4. The van der Waals surface area contributed by atoms with E-state index in [0.29, 0.717) is 0 Å². The van der Waals surface area contributed by atoms with Gasteiger partial charge in [-0.15, -0.1) is 0 Å². The van der Waals surface area contributed by atoms with Gasteiger partial charge in [-0.2, -0.15) is 0 Å². The van der Waals surface area contributed by atoms with Crippen LogP contribution in [0.15, 0.2) is 12.1 Å². The van der Waals surface area contributed by atoms with Gasteiger partial charge in [-0.1, -0.05) is 0 Å². The van der Waals surface area contributed by atoms with Gasteiger partial charge in [-0.05, 0) is 52.2 Å². The van der Waals surface area contributed by atoms with Crippen molar-refractivity contribution in [2.45, 2.75) is 40.0 Å². The minimum atomic E-state index is 0.815. The fourth-order valence-electron chi connectivity index (χ4n) is 2.84. The molecule has 0 fully saturated rings. The van der Waals surface area contributed by atoms with Gasteiger partial charge in [0.1, 0.15) is 5.82 Å². The second-order valence-corrected chi connectivity index (χ2v) is 5.34. The molecule has 0 bridgehead atoms. The van der Waals surface area contributed by atoms with Crippen LogP contribution < -0.4 is 5.32 Å². The molecule has 1 aliphatic rings. The molecule has 104 valence electrons. The first-order valence-electron chi connectivity index (χ1n) is 7.26. The zero-order valence-corrected chi connectivity index (χ0v) is 12.3. The normalized spacial score (nSPS) is 13.3. The van der Waals surface area contributed by atoms with Crippen LogP contribution >= 0.6 is 0 Å². The zero-order chi connectivity index (χ0) is 14.1. The molecule has 1 N–H and O–H groups in total. The minimum absolute atomic E-state index is 0.815. The number of anilines is 1. The fourth-order valence-corrected chi connectivity index (χ4v) is 2.84. The maximum Gasteiger partial charge on any atom is 0.161 e. The highest BCUT2D eigenvalue weighted by atomic mass is 15.0. The quantitative estimate of drug-likeness (QED) is 0.929. The number of rotatable bonds is 3. The number of aromatic nitrogens is 3. The van der Waals surface area contributed by atoms with Crippen LogP contribution in [0.1, 0.15) is 36.0 Å². The molecule has 4 heteroatoms. The molecule has 0 unspecified atom stereocenters. The Kier molecular flexibility index (Phi) is 3.38. The van der Waals surface area contributed by atoms with Crippen LogP contribution in [0.3, 0.4) is 0 Å². The molecular weight excluding hydrogens is 248 g/mol. The van der Waals surface area contributed by atoms with Gasteiger partial charge < -0.3 is 5.32 Å². The van der Waals surface area contributed by atoms with E-state index in [1.54, 1.807) is 0 Å². The molecule has 0 amide bonds. The van der Waals surface area contributed by atoms with E-state index in [2.05, 4.69) is 29.4 Å². The van der Waals surface area contributed by atoms with Crippen LogP contribution in [0.5, 0.6) is 0 Å². The lowest BCUT2D eigenvalue weighted by atomic mass is 10.1. The summed E-state index contributed by atoms with van der Waals surface area (Å²) in [5, 5.41) is 3.38. The van der Waals surface area contributed by atoms with Gasteiger partial charge in [0.05, 0.1) is 0 Å². The van der Waals surface area contributed by atoms with Crippen molar-refractivity contribution < 1.29 is 0 Å². The molecule has 0 radical (unpaired) electrons. The third-order valence-electron chi connectivity index (χ3n) is 3.62. The van der Waals surface area contributed by atoms with Crippen molar-refractivity contribution in [1.82, 2.24) is 15.0 Å². The summed E-state index contributed by atoms with van der Waals surface area (Å²) >= 11 is 0. The van der Waals surface area contributed by atoms with E-state index in [4.69, 9.17) is 9.97 Å². The van der Waals surface area contributed by atoms with Crippen molar-refractivity contribution in [3.63, 3.8) is 0 Å². The predicted molar refractivity (Wildman–Crippen MR) is 80.9 cm³/mol. The third-order valence-corrected chi connectivity index (χ3v) is 3.62. The molecule has 0 aliphatic heterocycles. The maximum atomic E-state index is 4.77. The maximum absolute atomic E-state index is 4.77. The van der Waals surface area contributed by atoms with Gasteiger partial charge in [0.2, 0.25) is 0 Å². The van der Waals surface area contributed by atoms with E-state index < -0.39 is 0 Å². The topological polar surface area (TPSA) is 50.7 Å². The lowest BCUT2D eigenvalue weighted by molar-refractivity contribution is 0.899. The molecule has 2 heterocycles. The second kappa shape index (κ2) is 5.19. The highest BCUT2D eigenvalue weighted by Crippen LogP contribution is 2.29. The molecule has 2 aromatic heterocycles. The number of nitrogens with one attached hydrogen (secondary N) is 1. The van der Waals surface area contributed by atoms with Gasteiger partial charge in [-0.3, -0.25) is 4.98 Å². The number of pyridine rings is 1. The highest BCUT2D eigenvalue weighted by Gasteiger charge is 2.19. The second-order valence-electron chi connectivity index (χ2n) is 5.34. The van der Waals surface area contributed by atoms with E-state index in [0.717, 1.165) is 48.0 Å². The highest BCUT2D eigenvalue weighted by molar-refractivity contribution is 5.61. The van der Waals surface area contributed by atoms with Gasteiger partial charge >= 0.3 is 0 Å². The zero-order valence-electron chi connectivity index (χ0n) is 12.3. The molecule has 20 heavy (non-hydrogen) atoms.